The van der Waals surface area contributed by atoms with Crippen molar-refractivity contribution in [3.8, 4) is 0 Å². The number of nitrogens with zero attached hydrogens (tertiary/aromatic N) is 3. The number of aliphatic imine (C=N–C) groups is 1. The van der Waals surface area contributed by atoms with Gasteiger partial charge in [-0.3, -0.25) is 9.80 Å². The van der Waals surface area contributed by atoms with E-state index in [1.165, 1.54) is 0 Å². The Morgan fingerprint density at radius 2 is 1.87 bits per heavy atom. The summed E-state index contributed by atoms with van der Waals surface area (Å²) in [7, 11) is 4.04. The van der Waals surface area contributed by atoms with Crippen LogP contribution in [0.15, 0.2) is 64.8 Å². The Morgan fingerprint density at radius 3 is 2.60 bits per heavy atom. The van der Waals surface area contributed by atoms with Crippen LogP contribution in [-0.4, -0.2) is 30.8 Å². The summed E-state index contributed by atoms with van der Waals surface area (Å²) in [5.74, 6) is 0.933. The van der Waals surface area contributed by atoms with Crippen LogP contribution >= 0.6 is 11.6 Å². The molecule has 2 heterocycles. The number of nitrogens with one attached hydrogen (secondary N) is 2. The van der Waals surface area contributed by atoms with Gasteiger partial charge in [0.15, 0.2) is 5.78 Å². The van der Waals surface area contributed by atoms with Crippen LogP contribution in [0.3, 0.4) is 0 Å². The van der Waals surface area contributed by atoms with Crippen molar-refractivity contribution in [1.29, 1.82) is 0 Å². The van der Waals surface area contributed by atoms with Gasteiger partial charge in [-0.2, -0.15) is 0 Å². The van der Waals surface area contributed by atoms with Crippen molar-refractivity contribution in [2.24, 2.45) is 4.99 Å². The van der Waals surface area contributed by atoms with E-state index in [0.29, 0.717) is 11.4 Å². The molecule has 30 heavy (non-hydrogen) atoms. The Morgan fingerprint density at radius 1 is 1.10 bits per heavy atom. The first kappa shape index (κ1) is 19.2. The zero-order chi connectivity index (χ0) is 20.8. The average Bonchev–Trinajstić information content (AvgIpc) is 3.16. The maximum absolute atomic E-state index is 13.0. The van der Waals surface area contributed by atoms with Crippen molar-refractivity contribution in [3.05, 3.63) is 76.0 Å². The fourth-order valence-electron chi connectivity index (χ4n) is 4.38. The van der Waals surface area contributed by atoms with E-state index in [1.807, 2.05) is 43.4 Å². The van der Waals surface area contributed by atoms with Crippen molar-refractivity contribution in [2.75, 3.05) is 19.0 Å². The van der Waals surface area contributed by atoms with E-state index in [9.17, 15) is 4.79 Å². The number of Topliss-reactive ketones (excluding diaryl/α,β-unsaturated/α-hetero) is 1. The number of hydrogen-bond donors (Lipinski definition) is 2. The number of ketones is 1. The van der Waals surface area contributed by atoms with E-state index in [4.69, 9.17) is 16.6 Å². The molecule has 2 aromatic carbocycles. The van der Waals surface area contributed by atoms with Gasteiger partial charge < -0.3 is 10.2 Å². The number of guanidine groups is 1. The summed E-state index contributed by atoms with van der Waals surface area (Å²) in [5.41, 5.74) is 8.39. The molecule has 0 unspecified atom stereocenters. The molecule has 2 aliphatic heterocycles. The van der Waals surface area contributed by atoms with Gasteiger partial charge >= 0.3 is 0 Å². The summed E-state index contributed by atoms with van der Waals surface area (Å²) in [6, 6.07) is 15.9. The summed E-state index contributed by atoms with van der Waals surface area (Å²) in [6.45, 7) is 0. The highest BCUT2D eigenvalue weighted by Crippen LogP contribution is 2.41. The van der Waals surface area contributed by atoms with Gasteiger partial charge in [0.05, 0.1) is 0 Å². The first-order valence-electron chi connectivity index (χ1n) is 10.2. The second-order valence-corrected chi connectivity index (χ2v) is 8.47. The molecule has 3 aliphatic rings. The Kier molecular flexibility index (Phi) is 4.76. The van der Waals surface area contributed by atoms with E-state index in [2.05, 4.69) is 39.9 Å². The van der Waals surface area contributed by atoms with Crippen molar-refractivity contribution in [1.82, 2.24) is 15.8 Å². The van der Waals surface area contributed by atoms with Gasteiger partial charge in [-0.25, -0.2) is 10.4 Å². The lowest BCUT2D eigenvalue weighted by Gasteiger charge is -2.39. The van der Waals surface area contributed by atoms with Crippen LogP contribution in [-0.2, 0) is 4.79 Å². The Bertz CT molecular complexity index is 1060. The number of rotatable bonds is 3. The summed E-state index contributed by atoms with van der Waals surface area (Å²) < 4.78 is 0. The van der Waals surface area contributed by atoms with Gasteiger partial charge in [-0.05, 0) is 36.6 Å². The highest BCUT2D eigenvalue weighted by Gasteiger charge is 2.43. The number of halogens is 1. The van der Waals surface area contributed by atoms with E-state index >= 15 is 0 Å². The molecule has 1 aliphatic carbocycles. The number of benzene rings is 2. The third-order valence-electron chi connectivity index (χ3n) is 5.92. The van der Waals surface area contributed by atoms with Gasteiger partial charge in [0.2, 0.25) is 5.96 Å². The van der Waals surface area contributed by atoms with E-state index in [1.54, 1.807) is 0 Å². The number of carbonyl (C=O) groups excluding carboxylic acids is 1. The van der Waals surface area contributed by atoms with Gasteiger partial charge in [0.1, 0.15) is 12.2 Å². The minimum atomic E-state index is -0.304. The summed E-state index contributed by atoms with van der Waals surface area (Å²) in [4.78, 5) is 19.9. The fourth-order valence-corrected chi connectivity index (χ4v) is 4.62. The molecule has 7 heteroatoms. The molecular formula is C23H24ClN5O. The predicted molar refractivity (Wildman–Crippen MR) is 119 cm³/mol. The lowest BCUT2D eigenvalue weighted by molar-refractivity contribution is -0.116. The predicted octanol–water partition coefficient (Wildman–Crippen LogP) is 3.93. The van der Waals surface area contributed by atoms with Crippen LogP contribution in [0.4, 0.5) is 5.69 Å². The minimum Gasteiger partial charge on any atom is -0.378 e. The minimum absolute atomic E-state index is 0.201. The van der Waals surface area contributed by atoms with Crippen LogP contribution in [0.1, 0.15) is 42.6 Å². The molecule has 0 saturated heterocycles. The SMILES string of the molecule is CN(C)c1ccc([C@H]2C3=C(CCCC3=O)NC3=N[C@@H](c4ccccc4Cl)NN32)cc1. The summed E-state index contributed by atoms with van der Waals surface area (Å²) in [5, 5.41) is 6.07. The third kappa shape index (κ3) is 3.16. The lowest BCUT2D eigenvalue weighted by Crippen LogP contribution is -2.52. The molecule has 2 N–H and O–H groups in total. The first-order valence-corrected chi connectivity index (χ1v) is 10.6. The average molecular weight is 422 g/mol. The van der Waals surface area contributed by atoms with Gasteiger partial charge in [0.25, 0.3) is 0 Å². The highest BCUT2D eigenvalue weighted by atomic mass is 35.5. The fraction of sp³-hybridized carbons (Fsp3) is 0.304. The maximum Gasteiger partial charge on any atom is 0.215 e. The van der Waals surface area contributed by atoms with Crippen LogP contribution in [0, 0.1) is 0 Å². The molecule has 6 nitrogen and oxygen atoms in total. The third-order valence-corrected chi connectivity index (χ3v) is 6.26. The maximum atomic E-state index is 13.0. The summed E-state index contributed by atoms with van der Waals surface area (Å²) >= 11 is 6.43. The van der Waals surface area contributed by atoms with E-state index in [-0.39, 0.29) is 18.0 Å². The Labute approximate surface area is 181 Å². The molecule has 5 rings (SSSR count). The molecule has 0 spiro atoms. The van der Waals surface area contributed by atoms with Gasteiger partial charge in [-0.15, -0.1) is 0 Å². The van der Waals surface area contributed by atoms with Crippen LogP contribution in [0.25, 0.3) is 0 Å². The van der Waals surface area contributed by atoms with Crippen molar-refractivity contribution < 1.29 is 4.79 Å². The number of allylic oxidation sites excluding steroid dienone is 1. The quantitative estimate of drug-likeness (QED) is 0.786. The van der Waals surface area contributed by atoms with Gasteiger partial charge in [0, 0.05) is 48.1 Å². The lowest BCUT2D eigenvalue weighted by atomic mass is 9.85. The Hall–Kier alpha value is -2.83. The molecule has 2 atom stereocenters. The van der Waals surface area contributed by atoms with E-state index < -0.39 is 0 Å². The normalized spacial score (nSPS) is 23.0. The van der Waals surface area contributed by atoms with E-state index in [0.717, 1.165) is 46.9 Å². The molecule has 0 bridgehead atoms. The molecule has 0 radical (unpaired) electrons. The smallest absolute Gasteiger partial charge is 0.215 e. The second kappa shape index (κ2) is 7.45. The molecule has 0 aromatic heterocycles. The van der Waals surface area contributed by atoms with Crippen molar-refractivity contribution in [3.63, 3.8) is 0 Å². The van der Waals surface area contributed by atoms with Crippen LogP contribution in [0.5, 0.6) is 0 Å². The summed E-state index contributed by atoms with van der Waals surface area (Å²) in [6.07, 6.45) is 2.00. The zero-order valence-corrected chi connectivity index (χ0v) is 17.8. The number of carbonyl (C=O) groups is 1. The monoisotopic (exact) mass is 421 g/mol. The topological polar surface area (TPSA) is 60.0 Å². The van der Waals surface area contributed by atoms with Crippen LogP contribution < -0.4 is 15.6 Å². The largest absolute Gasteiger partial charge is 0.378 e. The number of hydrazine groups is 1. The van der Waals surface area contributed by atoms with Gasteiger partial charge in [-0.1, -0.05) is 41.9 Å². The molecule has 0 amide bonds. The second-order valence-electron chi connectivity index (χ2n) is 8.06. The Balaban J connectivity index is 1.57. The number of anilines is 1. The van der Waals surface area contributed by atoms with Crippen molar-refractivity contribution in [2.45, 2.75) is 31.5 Å². The molecule has 2 aromatic rings. The number of hydrogen-bond acceptors (Lipinski definition) is 6. The molecule has 154 valence electrons. The number of fused-ring (bicyclic) bond motifs is 1. The standard InChI is InChI=1S/C23H24ClN5O/c1-28(2)15-12-10-14(11-13-15)21-20-18(8-5-9-19(20)30)25-23-26-22(27-29(21)23)16-6-3-4-7-17(16)24/h3-4,6-7,10-13,21-22,27H,5,8-9H2,1-2H3,(H,25,26)/t21-,22+/m0/s1. The molecular weight excluding hydrogens is 398 g/mol. The van der Waals surface area contributed by atoms with Crippen LogP contribution in [0.2, 0.25) is 5.02 Å². The molecule has 0 saturated carbocycles. The first-order chi connectivity index (χ1) is 14.5. The van der Waals surface area contributed by atoms with Crippen molar-refractivity contribution >= 4 is 29.0 Å². The highest BCUT2D eigenvalue weighted by molar-refractivity contribution is 6.31. The molecule has 0 fully saturated rings. The zero-order valence-electron chi connectivity index (χ0n) is 17.0.